The lowest BCUT2D eigenvalue weighted by atomic mass is 9.67. The molecule has 1 saturated carbocycles. The SMILES string of the molecule is CC(C)(C)[C@@H]1O[C@H]2CCCC2=C2CC(COCc3ccccc3)(COCc3ccccc3)CC=C21. The summed E-state index contributed by atoms with van der Waals surface area (Å²) in [5.41, 5.74) is 7.00. The largest absolute Gasteiger partial charge is 0.376 e. The van der Waals surface area contributed by atoms with E-state index in [1.807, 2.05) is 0 Å². The van der Waals surface area contributed by atoms with Crippen molar-refractivity contribution in [2.75, 3.05) is 13.2 Å². The molecule has 3 heteroatoms. The van der Waals surface area contributed by atoms with Crippen molar-refractivity contribution in [3.63, 3.8) is 0 Å². The van der Waals surface area contributed by atoms with Crippen LogP contribution in [0.2, 0.25) is 0 Å². The summed E-state index contributed by atoms with van der Waals surface area (Å²) in [7, 11) is 0. The van der Waals surface area contributed by atoms with Gasteiger partial charge in [-0.05, 0) is 65.4 Å². The first-order valence-corrected chi connectivity index (χ1v) is 13.2. The minimum atomic E-state index is -0.0533. The fourth-order valence-electron chi connectivity index (χ4n) is 5.96. The molecule has 2 atom stereocenters. The molecule has 0 spiro atoms. The van der Waals surface area contributed by atoms with Gasteiger partial charge < -0.3 is 14.2 Å². The molecular weight excluding hydrogens is 432 g/mol. The van der Waals surface area contributed by atoms with E-state index in [0.717, 1.165) is 19.3 Å². The topological polar surface area (TPSA) is 27.7 Å². The molecule has 3 nitrogen and oxygen atoms in total. The van der Waals surface area contributed by atoms with Gasteiger partial charge in [0, 0.05) is 5.41 Å². The van der Waals surface area contributed by atoms with Crippen molar-refractivity contribution >= 4 is 0 Å². The van der Waals surface area contributed by atoms with Crippen molar-refractivity contribution in [3.05, 3.63) is 94.6 Å². The lowest BCUT2D eigenvalue weighted by Gasteiger charge is -2.46. The van der Waals surface area contributed by atoms with Crippen LogP contribution in [0.15, 0.2) is 83.5 Å². The highest BCUT2D eigenvalue weighted by Gasteiger charge is 2.46. The van der Waals surface area contributed by atoms with Gasteiger partial charge in [-0.3, -0.25) is 0 Å². The smallest absolute Gasteiger partial charge is 0.0880 e. The van der Waals surface area contributed by atoms with Crippen LogP contribution < -0.4 is 0 Å². The van der Waals surface area contributed by atoms with E-state index in [1.54, 1.807) is 11.1 Å². The number of fused-ring (bicyclic) bond motifs is 2. The fourth-order valence-corrected chi connectivity index (χ4v) is 5.96. The summed E-state index contributed by atoms with van der Waals surface area (Å²) in [4.78, 5) is 0. The number of rotatable bonds is 8. The number of hydrogen-bond acceptors (Lipinski definition) is 3. The van der Waals surface area contributed by atoms with Crippen molar-refractivity contribution in [2.24, 2.45) is 10.8 Å². The summed E-state index contributed by atoms with van der Waals surface area (Å²) in [6.07, 6.45) is 8.45. The molecule has 0 aromatic heterocycles. The van der Waals surface area contributed by atoms with Gasteiger partial charge >= 0.3 is 0 Å². The molecule has 0 unspecified atom stereocenters. The maximum atomic E-state index is 6.70. The Morgan fingerprint density at radius 1 is 0.886 bits per heavy atom. The van der Waals surface area contributed by atoms with Gasteiger partial charge in [-0.1, -0.05) is 87.5 Å². The van der Waals surface area contributed by atoms with E-state index in [0.29, 0.717) is 26.4 Å². The number of ether oxygens (including phenoxy) is 3. The Hall–Kier alpha value is -2.20. The molecule has 2 aromatic rings. The zero-order chi connectivity index (χ0) is 24.3. The third kappa shape index (κ3) is 5.63. The zero-order valence-corrected chi connectivity index (χ0v) is 21.6. The molecular formula is C32H40O3. The normalized spacial score (nSPS) is 23.6. The highest BCUT2D eigenvalue weighted by Crippen LogP contribution is 2.51. The molecule has 1 aliphatic heterocycles. The van der Waals surface area contributed by atoms with Gasteiger partial charge in [-0.2, -0.15) is 0 Å². The van der Waals surface area contributed by atoms with Gasteiger partial charge in [-0.15, -0.1) is 0 Å². The van der Waals surface area contributed by atoms with Gasteiger partial charge in [0.05, 0.1) is 38.6 Å². The van der Waals surface area contributed by atoms with Crippen LogP contribution in [-0.4, -0.2) is 25.4 Å². The summed E-state index contributed by atoms with van der Waals surface area (Å²) >= 11 is 0. The maximum absolute atomic E-state index is 6.70. The monoisotopic (exact) mass is 472 g/mol. The maximum Gasteiger partial charge on any atom is 0.0880 e. The molecule has 186 valence electrons. The number of benzene rings is 2. The van der Waals surface area contributed by atoms with Gasteiger partial charge in [0.1, 0.15) is 0 Å². The third-order valence-electron chi connectivity index (χ3n) is 7.75. The van der Waals surface area contributed by atoms with Crippen LogP contribution in [0, 0.1) is 10.8 Å². The van der Waals surface area contributed by atoms with Gasteiger partial charge in [0.25, 0.3) is 0 Å². The Kier molecular flexibility index (Phi) is 7.29. The number of allylic oxidation sites excluding steroid dienone is 1. The van der Waals surface area contributed by atoms with Crippen LogP contribution in [0.1, 0.15) is 64.0 Å². The molecule has 2 aliphatic carbocycles. The van der Waals surface area contributed by atoms with Crippen LogP contribution >= 0.6 is 0 Å². The van der Waals surface area contributed by atoms with Gasteiger partial charge in [0.2, 0.25) is 0 Å². The van der Waals surface area contributed by atoms with Crippen LogP contribution in [-0.2, 0) is 27.4 Å². The molecule has 0 amide bonds. The number of hydrogen-bond donors (Lipinski definition) is 0. The third-order valence-corrected chi connectivity index (χ3v) is 7.75. The molecule has 35 heavy (non-hydrogen) atoms. The first-order valence-electron chi connectivity index (χ1n) is 13.2. The summed E-state index contributed by atoms with van der Waals surface area (Å²) in [6.45, 7) is 9.60. The standard InChI is InChI=1S/C32H40O3/c1-31(2,3)30-27-17-18-32(22-33-20-24-11-6-4-7-12-24,23-34-21-25-13-8-5-9-14-25)19-28(27)26-15-10-16-29(26)35-30/h4-9,11-14,17,29-30H,10,15-16,18-23H2,1-3H3/t29-,30+/m0/s1. The van der Waals surface area contributed by atoms with E-state index in [1.165, 1.54) is 29.5 Å². The summed E-state index contributed by atoms with van der Waals surface area (Å²) in [5, 5.41) is 0. The second-order valence-electron chi connectivity index (χ2n) is 11.8. The average Bonchev–Trinajstić information content (AvgIpc) is 3.34. The van der Waals surface area contributed by atoms with E-state index in [4.69, 9.17) is 14.2 Å². The highest BCUT2D eigenvalue weighted by atomic mass is 16.5. The van der Waals surface area contributed by atoms with Gasteiger partial charge in [-0.25, -0.2) is 0 Å². The predicted octanol–water partition coefficient (Wildman–Crippen LogP) is 7.42. The summed E-state index contributed by atoms with van der Waals surface area (Å²) < 4.78 is 19.5. The molecule has 0 saturated heterocycles. The van der Waals surface area contributed by atoms with Crippen molar-refractivity contribution in [1.29, 1.82) is 0 Å². The average molecular weight is 473 g/mol. The zero-order valence-electron chi connectivity index (χ0n) is 21.6. The molecule has 0 N–H and O–H groups in total. The van der Waals surface area contributed by atoms with Crippen LogP contribution in [0.5, 0.6) is 0 Å². The van der Waals surface area contributed by atoms with Crippen LogP contribution in [0.3, 0.4) is 0 Å². The minimum absolute atomic E-state index is 0.0533. The fraction of sp³-hybridized carbons (Fsp3) is 0.500. The Morgan fingerprint density at radius 2 is 1.49 bits per heavy atom. The molecule has 1 heterocycles. The Morgan fingerprint density at radius 3 is 2.06 bits per heavy atom. The van der Waals surface area contributed by atoms with E-state index >= 15 is 0 Å². The van der Waals surface area contributed by atoms with E-state index in [9.17, 15) is 0 Å². The molecule has 3 aliphatic rings. The second kappa shape index (κ2) is 10.4. The minimum Gasteiger partial charge on any atom is -0.376 e. The quantitative estimate of drug-likeness (QED) is 0.400. The molecule has 2 aromatic carbocycles. The lowest BCUT2D eigenvalue weighted by Crippen LogP contribution is -2.43. The van der Waals surface area contributed by atoms with Crippen LogP contribution in [0.4, 0.5) is 0 Å². The summed E-state index contributed by atoms with van der Waals surface area (Å²) in [5.74, 6) is 0. The highest BCUT2D eigenvalue weighted by molar-refractivity contribution is 5.47. The molecule has 5 rings (SSSR count). The van der Waals surface area contributed by atoms with Crippen molar-refractivity contribution in [3.8, 4) is 0 Å². The van der Waals surface area contributed by atoms with Crippen LogP contribution in [0.25, 0.3) is 0 Å². The van der Waals surface area contributed by atoms with Crippen molar-refractivity contribution in [2.45, 2.75) is 78.3 Å². The predicted molar refractivity (Wildman–Crippen MR) is 141 cm³/mol. The first kappa shape index (κ1) is 24.5. The summed E-state index contributed by atoms with van der Waals surface area (Å²) in [6, 6.07) is 21.0. The van der Waals surface area contributed by atoms with Crippen molar-refractivity contribution < 1.29 is 14.2 Å². The second-order valence-corrected chi connectivity index (χ2v) is 11.8. The lowest BCUT2D eigenvalue weighted by molar-refractivity contribution is -0.0498. The van der Waals surface area contributed by atoms with E-state index in [2.05, 4.69) is 87.5 Å². The van der Waals surface area contributed by atoms with E-state index in [-0.39, 0.29) is 23.0 Å². The Bertz CT molecular complexity index is 1000. The van der Waals surface area contributed by atoms with Gasteiger partial charge in [0.15, 0.2) is 0 Å². The Balaban J connectivity index is 1.38. The molecule has 0 bridgehead atoms. The van der Waals surface area contributed by atoms with Crippen molar-refractivity contribution in [1.82, 2.24) is 0 Å². The van der Waals surface area contributed by atoms with E-state index < -0.39 is 0 Å². The molecule has 1 fully saturated rings. The molecule has 0 radical (unpaired) electrons. The Labute approximate surface area is 211 Å². The first-order chi connectivity index (χ1) is 16.9.